The SMILES string of the molecule is CCCCCCCC/C=C/CCCCCCCCCC(=O)OC[C@@H](COP(=O)(O)OC1C(O)C(O)C(O)[C@H](O)C1O)OC(=O)CCCCCCCCC. The fraction of sp³-hybridized carbons (Fsp3) is 0.897. The van der Waals surface area contributed by atoms with E-state index in [1.54, 1.807) is 0 Å². The van der Waals surface area contributed by atoms with Crippen molar-refractivity contribution in [3.63, 3.8) is 0 Å². The van der Waals surface area contributed by atoms with Crippen LogP contribution in [0.2, 0.25) is 0 Å². The molecule has 1 saturated carbocycles. The topological polar surface area (TPSA) is 210 Å². The lowest BCUT2D eigenvalue weighted by Gasteiger charge is -2.41. The van der Waals surface area contributed by atoms with Gasteiger partial charge in [-0.3, -0.25) is 18.6 Å². The van der Waals surface area contributed by atoms with Crippen molar-refractivity contribution >= 4 is 19.8 Å². The Balaban J connectivity index is 2.43. The van der Waals surface area contributed by atoms with Crippen LogP contribution in [-0.4, -0.2) is 98.3 Å². The van der Waals surface area contributed by atoms with E-state index >= 15 is 0 Å². The summed E-state index contributed by atoms with van der Waals surface area (Å²) in [6.07, 6.45) is 16.0. The Hall–Kier alpha value is -1.41. The largest absolute Gasteiger partial charge is 0.472 e. The van der Waals surface area contributed by atoms with Crippen LogP contribution in [0.15, 0.2) is 12.2 Å². The number of esters is 2. The quantitative estimate of drug-likeness (QED) is 0.0177. The average Bonchev–Trinajstić information content (AvgIpc) is 3.13. The first-order chi connectivity index (χ1) is 25.4. The molecule has 312 valence electrons. The first-order valence-electron chi connectivity index (χ1n) is 20.5. The number of phosphoric acid groups is 1. The molecule has 1 aliphatic carbocycles. The van der Waals surface area contributed by atoms with Crippen molar-refractivity contribution in [2.45, 2.75) is 211 Å². The van der Waals surface area contributed by atoms with Gasteiger partial charge in [0, 0.05) is 12.8 Å². The van der Waals surface area contributed by atoms with E-state index in [0.717, 1.165) is 64.2 Å². The molecule has 0 radical (unpaired) electrons. The molecule has 13 nitrogen and oxygen atoms in total. The van der Waals surface area contributed by atoms with Gasteiger partial charge in [-0.05, 0) is 38.5 Å². The van der Waals surface area contributed by atoms with Crippen molar-refractivity contribution in [2.75, 3.05) is 13.2 Å². The molecule has 0 aromatic heterocycles. The number of rotatable bonds is 33. The maximum Gasteiger partial charge on any atom is 0.472 e. The first-order valence-corrected chi connectivity index (χ1v) is 22.0. The molecule has 1 rings (SSSR count). The van der Waals surface area contributed by atoms with Crippen LogP contribution in [0.1, 0.15) is 168 Å². The summed E-state index contributed by atoms with van der Waals surface area (Å²) < 4.78 is 33.3. The van der Waals surface area contributed by atoms with Gasteiger partial charge < -0.3 is 39.9 Å². The van der Waals surface area contributed by atoms with Crippen molar-refractivity contribution in [3.05, 3.63) is 12.2 Å². The van der Waals surface area contributed by atoms with Gasteiger partial charge in [-0.1, -0.05) is 129 Å². The van der Waals surface area contributed by atoms with Gasteiger partial charge in [0.15, 0.2) is 6.10 Å². The van der Waals surface area contributed by atoms with Crippen LogP contribution >= 0.6 is 7.82 Å². The predicted molar refractivity (Wildman–Crippen MR) is 203 cm³/mol. The zero-order chi connectivity index (χ0) is 39.3. The minimum absolute atomic E-state index is 0.0972. The molecule has 0 spiro atoms. The number of hydrogen-bond donors (Lipinski definition) is 6. The summed E-state index contributed by atoms with van der Waals surface area (Å²) in [6, 6.07) is 0. The van der Waals surface area contributed by atoms with Gasteiger partial charge in [0.25, 0.3) is 0 Å². The molecule has 8 atom stereocenters. The normalized spacial score (nSPS) is 23.5. The van der Waals surface area contributed by atoms with Crippen molar-refractivity contribution < 1.29 is 63.1 Å². The molecule has 0 bridgehead atoms. The summed E-state index contributed by atoms with van der Waals surface area (Å²) in [4.78, 5) is 35.3. The zero-order valence-corrected chi connectivity index (χ0v) is 33.5. The Morgan fingerprint density at radius 2 is 0.962 bits per heavy atom. The zero-order valence-electron chi connectivity index (χ0n) is 32.6. The minimum atomic E-state index is -5.10. The molecule has 0 aromatic carbocycles. The third-order valence-corrected chi connectivity index (χ3v) is 10.6. The van der Waals surface area contributed by atoms with E-state index in [1.165, 1.54) is 64.2 Å². The Bertz CT molecular complexity index is 996. The molecule has 6 unspecified atom stereocenters. The van der Waals surface area contributed by atoms with Crippen molar-refractivity contribution in [1.82, 2.24) is 0 Å². The van der Waals surface area contributed by atoms with E-state index in [9.17, 15) is 44.6 Å². The summed E-state index contributed by atoms with van der Waals surface area (Å²) in [6.45, 7) is 3.21. The molecular formula is C39H73O13P. The number of phosphoric ester groups is 1. The lowest BCUT2D eigenvalue weighted by Crippen LogP contribution is -2.64. The Morgan fingerprint density at radius 1 is 0.566 bits per heavy atom. The highest BCUT2D eigenvalue weighted by Crippen LogP contribution is 2.47. The highest BCUT2D eigenvalue weighted by atomic mass is 31.2. The third-order valence-electron chi connectivity index (χ3n) is 9.61. The summed E-state index contributed by atoms with van der Waals surface area (Å²) in [7, 11) is -5.10. The molecule has 0 heterocycles. The number of allylic oxidation sites excluding steroid dienone is 2. The Kier molecular flexibility index (Phi) is 28.8. The van der Waals surface area contributed by atoms with Crippen molar-refractivity contribution in [3.8, 4) is 0 Å². The van der Waals surface area contributed by atoms with Gasteiger partial charge in [0.2, 0.25) is 0 Å². The standard InChI is InChI=1S/C39H73O13P/c1-3-5-7-9-11-12-13-14-15-16-17-18-19-20-22-23-25-27-32(40)49-29-31(51-33(41)28-26-24-21-10-8-6-4-2)30-50-53(47,48)52-39-37(45)35(43)34(42)36(44)38(39)46/h14-15,31,34-39,42-46H,3-13,16-30H2,1-2H3,(H,47,48)/b15-14+/t31-,34?,35-,36?,37?,38?,39?/m0/s1. The molecule has 6 N–H and O–H groups in total. The van der Waals surface area contributed by atoms with Crippen LogP contribution in [0.3, 0.4) is 0 Å². The van der Waals surface area contributed by atoms with Gasteiger partial charge in [0.05, 0.1) is 6.61 Å². The minimum Gasteiger partial charge on any atom is -0.462 e. The molecule has 0 aliphatic heterocycles. The fourth-order valence-electron chi connectivity index (χ4n) is 6.22. The number of hydrogen-bond acceptors (Lipinski definition) is 12. The number of ether oxygens (including phenoxy) is 2. The third kappa shape index (κ3) is 24.0. The average molecular weight is 781 g/mol. The molecule has 1 fully saturated rings. The fourth-order valence-corrected chi connectivity index (χ4v) is 7.19. The number of carbonyl (C=O) groups is 2. The summed E-state index contributed by atoms with van der Waals surface area (Å²) in [5.41, 5.74) is 0. The molecule has 53 heavy (non-hydrogen) atoms. The van der Waals surface area contributed by atoms with Crippen LogP contribution in [-0.2, 0) is 32.7 Å². The molecule has 0 saturated heterocycles. The number of aliphatic hydroxyl groups excluding tert-OH is 5. The van der Waals surface area contributed by atoms with Gasteiger partial charge in [-0.2, -0.15) is 0 Å². The van der Waals surface area contributed by atoms with E-state index in [1.807, 2.05) is 0 Å². The highest BCUT2D eigenvalue weighted by Gasteiger charge is 2.51. The van der Waals surface area contributed by atoms with Crippen LogP contribution < -0.4 is 0 Å². The summed E-state index contributed by atoms with van der Waals surface area (Å²) in [5, 5.41) is 49.9. The molecule has 14 heteroatoms. The molecule has 1 aliphatic rings. The second-order valence-electron chi connectivity index (χ2n) is 14.5. The van der Waals surface area contributed by atoms with Gasteiger partial charge in [-0.15, -0.1) is 0 Å². The van der Waals surface area contributed by atoms with Gasteiger partial charge >= 0.3 is 19.8 Å². The van der Waals surface area contributed by atoms with E-state index in [2.05, 4.69) is 26.0 Å². The van der Waals surface area contributed by atoms with Gasteiger partial charge in [0.1, 0.15) is 43.2 Å². The van der Waals surface area contributed by atoms with E-state index in [-0.39, 0.29) is 12.8 Å². The maximum atomic E-state index is 12.7. The smallest absolute Gasteiger partial charge is 0.462 e. The lowest BCUT2D eigenvalue weighted by molar-refractivity contribution is -0.220. The maximum absolute atomic E-state index is 12.7. The van der Waals surface area contributed by atoms with Crippen molar-refractivity contribution in [2.24, 2.45) is 0 Å². The molecule has 0 aromatic rings. The summed E-state index contributed by atoms with van der Waals surface area (Å²) in [5.74, 6) is -1.11. The first kappa shape index (κ1) is 49.6. The highest BCUT2D eigenvalue weighted by molar-refractivity contribution is 7.47. The monoisotopic (exact) mass is 780 g/mol. The van der Waals surface area contributed by atoms with Crippen molar-refractivity contribution in [1.29, 1.82) is 0 Å². The Labute approximate surface area is 318 Å². The van der Waals surface area contributed by atoms with E-state index in [4.69, 9.17) is 18.5 Å². The second kappa shape index (κ2) is 30.8. The second-order valence-corrected chi connectivity index (χ2v) is 15.9. The van der Waals surface area contributed by atoms with Crippen LogP contribution in [0.5, 0.6) is 0 Å². The summed E-state index contributed by atoms with van der Waals surface area (Å²) >= 11 is 0. The van der Waals surface area contributed by atoms with E-state index < -0.39 is 75.7 Å². The number of carbonyl (C=O) groups excluding carboxylic acids is 2. The van der Waals surface area contributed by atoms with Crippen LogP contribution in [0, 0.1) is 0 Å². The lowest BCUT2D eigenvalue weighted by atomic mass is 9.85. The van der Waals surface area contributed by atoms with E-state index in [0.29, 0.717) is 12.8 Å². The van der Waals surface area contributed by atoms with Crippen LogP contribution in [0.25, 0.3) is 0 Å². The number of aliphatic hydroxyl groups is 5. The number of unbranched alkanes of at least 4 members (excludes halogenated alkanes) is 19. The predicted octanol–water partition coefficient (Wildman–Crippen LogP) is 6.72. The van der Waals surface area contributed by atoms with Crippen LogP contribution in [0.4, 0.5) is 0 Å². The molecule has 0 amide bonds. The molecular weight excluding hydrogens is 707 g/mol. The van der Waals surface area contributed by atoms with Gasteiger partial charge in [-0.25, -0.2) is 4.57 Å². The Morgan fingerprint density at radius 3 is 1.43 bits per heavy atom.